The van der Waals surface area contributed by atoms with Crippen molar-refractivity contribution in [1.82, 2.24) is 20.2 Å². The highest BCUT2D eigenvalue weighted by atomic mass is 35.5. The Balaban J connectivity index is 1.73. The first-order valence-corrected chi connectivity index (χ1v) is 13.9. The second-order valence-electron chi connectivity index (χ2n) is 9.77. The van der Waals surface area contributed by atoms with Crippen molar-refractivity contribution in [2.75, 3.05) is 0 Å². The lowest BCUT2D eigenvalue weighted by molar-refractivity contribution is 0.653. The number of tetrazole rings is 1. The van der Waals surface area contributed by atoms with Crippen LogP contribution in [0.2, 0.25) is 10.0 Å². The normalized spacial score (nSPS) is 11.6. The minimum atomic E-state index is 0.300. The monoisotopic (exact) mass is 546 g/mol. The maximum Gasteiger partial charge on any atom is 0.183 e. The molecule has 0 unspecified atom stereocenters. The lowest BCUT2D eigenvalue weighted by Gasteiger charge is -2.14. The third-order valence-electron chi connectivity index (χ3n) is 6.46. The van der Waals surface area contributed by atoms with Gasteiger partial charge in [-0.05, 0) is 80.4 Å². The molecule has 0 N–H and O–H groups in total. The van der Waals surface area contributed by atoms with E-state index in [9.17, 15) is 0 Å². The summed E-state index contributed by atoms with van der Waals surface area (Å²) in [6.07, 6.45) is 0. The molecule has 0 radical (unpaired) electrons. The van der Waals surface area contributed by atoms with Crippen molar-refractivity contribution in [3.05, 3.63) is 99.5 Å². The molecule has 0 aliphatic heterocycles. The number of hydrogen-bond donors (Lipinski definition) is 0. The fraction of sp³-hybridized carbons (Fsp3) is 0.233. The van der Waals surface area contributed by atoms with E-state index in [0.29, 0.717) is 18.4 Å². The van der Waals surface area contributed by atoms with E-state index in [2.05, 4.69) is 85.7 Å². The predicted octanol–water partition coefficient (Wildman–Crippen LogP) is 9.34. The van der Waals surface area contributed by atoms with Gasteiger partial charge in [0, 0.05) is 25.4 Å². The molecule has 2 aromatic heterocycles. The summed E-state index contributed by atoms with van der Waals surface area (Å²) in [5.74, 6) is 1.37. The van der Waals surface area contributed by atoms with Gasteiger partial charge in [0.2, 0.25) is 0 Å². The number of hydrogen-bond acceptors (Lipinski definition) is 4. The Morgan fingerprint density at radius 3 is 2.03 bits per heavy atom. The van der Waals surface area contributed by atoms with Crippen molar-refractivity contribution in [1.29, 1.82) is 0 Å². The Morgan fingerprint density at radius 2 is 1.38 bits per heavy atom. The first kappa shape index (κ1) is 25.7. The van der Waals surface area contributed by atoms with Crippen LogP contribution in [0.4, 0.5) is 0 Å². The third kappa shape index (κ3) is 5.35. The smallest absolute Gasteiger partial charge is 0.183 e. The summed E-state index contributed by atoms with van der Waals surface area (Å²) in [6, 6.07) is 24.8. The van der Waals surface area contributed by atoms with Crippen LogP contribution in [0.5, 0.6) is 0 Å². The highest BCUT2D eigenvalue weighted by Crippen LogP contribution is 2.47. The van der Waals surface area contributed by atoms with E-state index < -0.39 is 0 Å². The Labute approximate surface area is 231 Å². The van der Waals surface area contributed by atoms with Gasteiger partial charge in [0.05, 0.1) is 6.54 Å². The van der Waals surface area contributed by atoms with E-state index in [0.717, 1.165) is 42.3 Å². The van der Waals surface area contributed by atoms with Crippen LogP contribution in [-0.2, 0) is 6.54 Å². The van der Waals surface area contributed by atoms with Gasteiger partial charge in [-0.1, -0.05) is 93.4 Å². The summed E-state index contributed by atoms with van der Waals surface area (Å²) in [7, 11) is 0. The molecule has 0 aliphatic carbocycles. The molecule has 0 fully saturated rings. The van der Waals surface area contributed by atoms with Gasteiger partial charge in [0.1, 0.15) is 0 Å². The fourth-order valence-corrected chi connectivity index (χ4v) is 6.21. The first-order valence-electron chi connectivity index (χ1n) is 12.4. The van der Waals surface area contributed by atoms with Crippen molar-refractivity contribution in [3.8, 4) is 32.3 Å². The molecule has 3 aromatic carbocycles. The SMILES string of the molecule is CC(C)c1cc(Cl)ccc1-c1cc(-c2nnnn2Cc2ccccc2)c(-c2ccc(Cl)cc2C(C)C)s1. The lowest BCUT2D eigenvalue weighted by atomic mass is 9.94. The van der Waals surface area contributed by atoms with Crippen LogP contribution in [0.25, 0.3) is 32.3 Å². The summed E-state index contributed by atoms with van der Waals surface area (Å²) < 4.78 is 1.88. The zero-order valence-corrected chi connectivity index (χ0v) is 23.6. The number of rotatable bonds is 7. The molecule has 0 spiro atoms. The van der Waals surface area contributed by atoms with Crippen LogP contribution < -0.4 is 0 Å². The van der Waals surface area contributed by atoms with Crippen LogP contribution >= 0.6 is 34.5 Å². The summed E-state index contributed by atoms with van der Waals surface area (Å²) in [6.45, 7) is 9.36. The summed E-state index contributed by atoms with van der Waals surface area (Å²) in [5.41, 5.74) is 6.90. The van der Waals surface area contributed by atoms with E-state index in [1.165, 1.54) is 16.7 Å². The average Bonchev–Trinajstić information content (AvgIpc) is 3.51. The maximum atomic E-state index is 6.43. The Kier molecular flexibility index (Phi) is 7.47. The van der Waals surface area contributed by atoms with E-state index in [4.69, 9.17) is 23.2 Å². The van der Waals surface area contributed by atoms with Crippen LogP contribution in [0.3, 0.4) is 0 Å². The van der Waals surface area contributed by atoms with Gasteiger partial charge in [-0.2, -0.15) is 0 Å². The summed E-state index contributed by atoms with van der Waals surface area (Å²) in [4.78, 5) is 2.29. The molecule has 7 heteroatoms. The molecule has 0 bridgehead atoms. The summed E-state index contributed by atoms with van der Waals surface area (Å²) >= 11 is 14.6. The van der Waals surface area contributed by atoms with Crippen molar-refractivity contribution in [3.63, 3.8) is 0 Å². The van der Waals surface area contributed by atoms with Crippen molar-refractivity contribution in [2.45, 2.75) is 46.1 Å². The maximum absolute atomic E-state index is 6.43. The van der Waals surface area contributed by atoms with Gasteiger partial charge in [0.25, 0.3) is 0 Å². The number of nitrogens with zero attached hydrogens (tertiary/aromatic N) is 4. The first-order chi connectivity index (χ1) is 17.8. The van der Waals surface area contributed by atoms with Crippen LogP contribution in [0.1, 0.15) is 56.2 Å². The number of benzene rings is 3. The Morgan fingerprint density at radius 1 is 0.757 bits per heavy atom. The number of aromatic nitrogens is 4. The molecule has 5 rings (SSSR count). The van der Waals surface area contributed by atoms with E-state index >= 15 is 0 Å². The van der Waals surface area contributed by atoms with E-state index in [1.54, 1.807) is 11.3 Å². The van der Waals surface area contributed by atoms with Crippen LogP contribution in [-0.4, -0.2) is 20.2 Å². The predicted molar refractivity (Wildman–Crippen MR) is 156 cm³/mol. The molecule has 5 aromatic rings. The molecule has 188 valence electrons. The van der Waals surface area contributed by atoms with Crippen LogP contribution in [0, 0.1) is 0 Å². The zero-order chi connectivity index (χ0) is 26.1. The second-order valence-corrected chi connectivity index (χ2v) is 11.7. The number of halogens is 2. The van der Waals surface area contributed by atoms with Crippen LogP contribution in [0.15, 0.2) is 72.8 Å². The molecule has 37 heavy (non-hydrogen) atoms. The van der Waals surface area contributed by atoms with Crippen molar-refractivity contribution in [2.24, 2.45) is 0 Å². The fourth-order valence-electron chi connectivity index (χ4n) is 4.60. The van der Waals surface area contributed by atoms with Gasteiger partial charge in [-0.15, -0.1) is 16.4 Å². The highest BCUT2D eigenvalue weighted by molar-refractivity contribution is 7.19. The zero-order valence-electron chi connectivity index (χ0n) is 21.2. The van der Waals surface area contributed by atoms with Gasteiger partial charge in [-0.25, -0.2) is 4.68 Å². The average molecular weight is 548 g/mol. The van der Waals surface area contributed by atoms with E-state index in [-0.39, 0.29) is 0 Å². The quantitative estimate of drug-likeness (QED) is 0.204. The highest BCUT2D eigenvalue weighted by Gasteiger charge is 2.23. The third-order valence-corrected chi connectivity index (χ3v) is 8.13. The van der Waals surface area contributed by atoms with Crippen molar-refractivity contribution >= 4 is 34.5 Å². The molecular weight excluding hydrogens is 519 g/mol. The number of thiophene rings is 1. The molecule has 0 atom stereocenters. The Hall–Kier alpha value is -2.99. The standard InChI is InChI=1S/C30H28Cl2N4S/c1-18(2)25-14-21(31)10-12-23(25)28-16-27(29(37-28)24-13-11-22(32)15-26(24)19(3)4)30-33-34-35-36(30)17-20-8-6-5-7-9-20/h5-16,18-19H,17H2,1-4H3. The molecule has 4 nitrogen and oxygen atoms in total. The molecule has 0 saturated heterocycles. The summed E-state index contributed by atoms with van der Waals surface area (Å²) in [5, 5.41) is 14.4. The Bertz CT molecular complexity index is 1540. The van der Waals surface area contributed by atoms with Crippen molar-refractivity contribution < 1.29 is 0 Å². The van der Waals surface area contributed by atoms with Gasteiger partial charge < -0.3 is 0 Å². The largest absolute Gasteiger partial charge is 0.221 e. The van der Waals surface area contributed by atoms with Gasteiger partial charge >= 0.3 is 0 Å². The van der Waals surface area contributed by atoms with E-state index in [1.807, 2.05) is 35.0 Å². The molecule has 2 heterocycles. The molecular formula is C30H28Cl2N4S. The minimum absolute atomic E-state index is 0.300. The van der Waals surface area contributed by atoms with Gasteiger partial charge in [-0.3, -0.25) is 0 Å². The lowest BCUT2D eigenvalue weighted by Crippen LogP contribution is -2.04. The van der Waals surface area contributed by atoms with Gasteiger partial charge in [0.15, 0.2) is 5.82 Å². The minimum Gasteiger partial charge on any atom is -0.221 e. The molecule has 0 aliphatic rings. The molecule has 0 amide bonds. The topological polar surface area (TPSA) is 43.6 Å². The second kappa shape index (κ2) is 10.8. The molecule has 0 saturated carbocycles.